The van der Waals surface area contributed by atoms with Crippen molar-refractivity contribution in [2.24, 2.45) is 34.5 Å². The average molecular weight is 579 g/mol. The van der Waals surface area contributed by atoms with E-state index in [2.05, 4.69) is 32.9 Å². The van der Waals surface area contributed by atoms with Crippen LogP contribution in [0.2, 0.25) is 0 Å². The Morgan fingerprint density at radius 2 is 1.63 bits per heavy atom. The summed E-state index contributed by atoms with van der Waals surface area (Å²) < 4.78 is 46.7. The van der Waals surface area contributed by atoms with Crippen LogP contribution in [0.25, 0.3) is 0 Å². The van der Waals surface area contributed by atoms with Gasteiger partial charge < -0.3 is 14.2 Å². The van der Waals surface area contributed by atoms with Crippen molar-refractivity contribution >= 4 is 17.9 Å². The Hall–Kier alpha value is -2.25. The molecule has 0 amide bonds. The molecule has 3 saturated carbocycles. The number of rotatable bonds is 8. The predicted octanol–water partition coefficient (Wildman–Crippen LogP) is 7.35. The maximum absolute atomic E-state index is 15.1. The van der Waals surface area contributed by atoms with Gasteiger partial charge in [-0.15, -0.1) is 0 Å². The molecule has 4 rings (SSSR count). The monoisotopic (exact) mass is 578 g/mol. The molecule has 41 heavy (non-hydrogen) atoms. The molecule has 0 radical (unpaired) electrons. The van der Waals surface area contributed by atoms with Gasteiger partial charge in [0.15, 0.2) is 5.60 Å². The van der Waals surface area contributed by atoms with E-state index in [1.54, 1.807) is 0 Å². The first-order valence-electron chi connectivity index (χ1n) is 15.3. The van der Waals surface area contributed by atoms with Crippen molar-refractivity contribution in [3.8, 4) is 0 Å². The van der Waals surface area contributed by atoms with E-state index in [0.29, 0.717) is 31.1 Å². The molecule has 0 aromatic rings. The van der Waals surface area contributed by atoms with Crippen LogP contribution in [0.1, 0.15) is 107 Å². The third-order valence-corrected chi connectivity index (χ3v) is 11.2. The molecule has 0 aliphatic heterocycles. The van der Waals surface area contributed by atoms with E-state index >= 15 is 8.78 Å². The minimum atomic E-state index is -3.12. The van der Waals surface area contributed by atoms with E-state index in [1.807, 2.05) is 0 Å². The maximum Gasteiger partial charge on any atom is 0.303 e. The molecule has 0 N–H and O–H groups in total. The SMILES string of the molecule is CC(=O)O[C@@H]1CC2=CC=C3[C@@H]4CC[C@H]([C@H](C)CCC(F)(F)C(C)(C)OC(C)=O)[C@@]4(C)CC[C@@H]3[C@@]2(C)[C@@H](OC(C)=O)C1. The highest BCUT2D eigenvalue weighted by molar-refractivity contribution is 5.67. The molecule has 8 heteroatoms. The van der Waals surface area contributed by atoms with Crippen LogP contribution in [0.15, 0.2) is 23.3 Å². The molecule has 0 saturated heterocycles. The first kappa shape index (κ1) is 31.7. The number of alkyl halides is 2. The molecule has 0 heterocycles. The fraction of sp³-hybridized carbons (Fsp3) is 0.788. The highest BCUT2D eigenvalue weighted by Gasteiger charge is 2.60. The number of carbonyl (C=O) groups excluding carboxylic acids is 3. The third-order valence-electron chi connectivity index (χ3n) is 11.2. The van der Waals surface area contributed by atoms with Gasteiger partial charge in [0.05, 0.1) is 0 Å². The van der Waals surface area contributed by atoms with Crippen LogP contribution in [-0.2, 0) is 28.6 Å². The largest absolute Gasteiger partial charge is 0.462 e. The molecule has 3 fully saturated rings. The van der Waals surface area contributed by atoms with Gasteiger partial charge in [-0.1, -0.05) is 44.1 Å². The zero-order chi connectivity index (χ0) is 30.5. The molecule has 8 atom stereocenters. The van der Waals surface area contributed by atoms with Crippen molar-refractivity contribution in [3.63, 3.8) is 0 Å². The second-order valence-electron chi connectivity index (χ2n) is 14.1. The number of fused-ring (bicyclic) bond motifs is 5. The lowest BCUT2D eigenvalue weighted by Gasteiger charge is -2.57. The summed E-state index contributed by atoms with van der Waals surface area (Å²) in [5.41, 5.74) is 0.332. The quantitative estimate of drug-likeness (QED) is 0.221. The summed E-state index contributed by atoms with van der Waals surface area (Å²) in [5.74, 6) is -3.53. The molecule has 0 aromatic heterocycles. The molecule has 0 aromatic carbocycles. The first-order valence-corrected chi connectivity index (χ1v) is 15.3. The highest BCUT2D eigenvalue weighted by Crippen LogP contribution is 2.66. The summed E-state index contributed by atoms with van der Waals surface area (Å²) in [6.07, 6.45) is 8.78. The van der Waals surface area contributed by atoms with Gasteiger partial charge in [0.2, 0.25) is 0 Å². The lowest BCUT2D eigenvalue weighted by molar-refractivity contribution is -0.202. The standard InChI is InChI=1S/C33H48F2O6/c1-19(13-16-33(34,35)30(5,6)41-22(4)38)26-11-12-27-25-10-9-23-17-24(39-20(2)36)18-29(40-21(3)37)32(23,8)28(25)14-15-31(26,27)7/h9-10,19,24,26-29H,11-18H2,1-8H3/t19-,24-,26-,27+,28+,29+,31-,32+/m1/s1. The Morgan fingerprint density at radius 1 is 0.976 bits per heavy atom. The number of hydrogen-bond donors (Lipinski definition) is 0. The van der Waals surface area contributed by atoms with E-state index in [0.717, 1.165) is 32.6 Å². The van der Waals surface area contributed by atoms with Crippen LogP contribution in [0.4, 0.5) is 8.78 Å². The van der Waals surface area contributed by atoms with Crippen molar-refractivity contribution in [2.45, 2.75) is 130 Å². The van der Waals surface area contributed by atoms with Crippen molar-refractivity contribution in [2.75, 3.05) is 0 Å². The van der Waals surface area contributed by atoms with E-state index in [4.69, 9.17) is 14.2 Å². The van der Waals surface area contributed by atoms with E-state index in [9.17, 15) is 14.4 Å². The van der Waals surface area contributed by atoms with Crippen molar-refractivity contribution in [3.05, 3.63) is 23.3 Å². The van der Waals surface area contributed by atoms with Crippen LogP contribution in [0.3, 0.4) is 0 Å². The number of halogens is 2. The topological polar surface area (TPSA) is 78.9 Å². The Morgan fingerprint density at radius 3 is 2.24 bits per heavy atom. The smallest absolute Gasteiger partial charge is 0.303 e. The molecule has 6 nitrogen and oxygen atoms in total. The summed E-state index contributed by atoms with van der Waals surface area (Å²) in [6, 6.07) is 0. The van der Waals surface area contributed by atoms with Crippen LogP contribution < -0.4 is 0 Å². The van der Waals surface area contributed by atoms with Gasteiger partial charge in [0, 0.05) is 45.4 Å². The lowest BCUT2D eigenvalue weighted by atomic mass is 9.49. The lowest BCUT2D eigenvalue weighted by Crippen LogP contribution is -2.54. The van der Waals surface area contributed by atoms with Gasteiger partial charge in [0.1, 0.15) is 12.2 Å². The van der Waals surface area contributed by atoms with E-state index < -0.39 is 17.5 Å². The summed E-state index contributed by atoms with van der Waals surface area (Å²) in [4.78, 5) is 35.3. The van der Waals surface area contributed by atoms with Gasteiger partial charge in [-0.05, 0) is 75.0 Å². The number of hydrogen-bond acceptors (Lipinski definition) is 6. The normalized spacial score (nSPS) is 35.6. The molecular weight excluding hydrogens is 530 g/mol. The maximum atomic E-state index is 15.1. The molecule has 4 aliphatic rings. The van der Waals surface area contributed by atoms with E-state index in [-0.39, 0.29) is 53.2 Å². The number of carbonyl (C=O) groups is 3. The molecule has 4 aliphatic carbocycles. The van der Waals surface area contributed by atoms with Crippen LogP contribution >= 0.6 is 0 Å². The van der Waals surface area contributed by atoms with Crippen molar-refractivity contribution in [1.29, 1.82) is 0 Å². The molecule has 0 spiro atoms. The number of ether oxygens (including phenoxy) is 3. The van der Waals surface area contributed by atoms with Gasteiger partial charge in [-0.25, -0.2) is 8.78 Å². The minimum Gasteiger partial charge on any atom is -0.462 e. The van der Waals surface area contributed by atoms with Crippen LogP contribution in [0, 0.1) is 34.5 Å². The zero-order valence-corrected chi connectivity index (χ0v) is 26.0. The molecule has 0 unspecified atom stereocenters. The van der Waals surface area contributed by atoms with Gasteiger partial charge >= 0.3 is 17.9 Å². The molecule has 0 bridgehead atoms. The summed E-state index contributed by atoms with van der Waals surface area (Å²) in [7, 11) is 0. The van der Waals surface area contributed by atoms with Gasteiger partial charge in [0.25, 0.3) is 5.92 Å². The Kier molecular flexibility index (Phi) is 8.58. The summed E-state index contributed by atoms with van der Waals surface area (Å²) in [5, 5.41) is 0. The van der Waals surface area contributed by atoms with Crippen LogP contribution in [0.5, 0.6) is 0 Å². The minimum absolute atomic E-state index is 0.00395. The van der Waals surface area contributed by atoms with Crippen LogP contribution in [-0.4, -0.2) is 41.6 Å². The summed E-state index contributed by atoms with van der Waals surface area (Å²) in [6.45, 7) is 13.2. The second kappa shape index (κ2) is 11.1. The highest BCUT2D eigenvalue weighted by atomic mass is 19.3. The van der Waals surface area contributed by atoms with Crippen molar-refractivity contribution in [1.82, 2.24) is 0 Å². The predicted molar refractivity (Wildman–Crippen MR) is 151 cm³/mol. The zero-order valence-electron chi connectivity index (χ0n) is 26.0. The third kappa shape index (κ3) is 5.73. The van der Waals surface area contributed by atoms with E-state index in [1.165, 1.54) is 38.8 Å². The van der Waals surface area contributed by atoms with Gasteiger partial charge in [-0.3, -0.25) is 14.4 Å². The van der Waals surface area contributed by atoms with Gasteiger partial charge in [-0.2, -0.15) is 0 Å². The Labute approximate surface area is 243 Å². The fourth-order valence-corrected chi connectivity index (χ4v) is 9.02. The Bertz CT molecular complexity index is 1120. The van der Waals surface area contributed by atoms with Crippen molar-refractivity contribution < 1.29 is 37.4 Å². The number of esters is 3. The molecule has 230 valence electrons. The fourth-order valence-electron chi connectivity index (χ4n) is 9.02. The summed E-state index contributed by atoms with van der Waals surface area (Å²) >= 11 is 0. The first-order chi connectivity index (χ1) is 18.9. The average Bonchev–Trinajstić information content (AvgIpc) is 3.19. The second-order valence-corrected chi connectivity index (χ2v) is 14.1. The number of allylic oxidation sites excluding steroid dienone is 3. The molecular formula is C33H48F2O6. The Balaban J connectivity index is 1.55.